The first kappa shape index (κ1) is 14.8. The fourth-order valence-electron chi connectivity index (χ4n) is 2.36. The number of rotatable bonds is 1. The Balaban J connectivity index is 2.12. The summed E-state index contributed by atoms with van der Waals surface area (Å²) in [5.74, 6) is 0. The number of alkyl halides is 3. The summed E-state index contributed by atoms with van der Waals surface area (Å²) in [5.41, 5.74) is 1.34. The number of aromatic nitrogens is 1. The average Bonchev–Trinajstić information content (AvgIpc) is 2.76. The van der Waals surface area contributed by atoms with Crippen molar-refractivity contribution in [3.05, 3.63) is 44.9 Å². The Morgan fingerprint density at radius 2 is 1.95 bits per heavy atom. The van der Waals surface area contributed by atoms with Gasteiger partial charge in [-0.3, -0.25) is 0 Å². The maximum absolute atomic E-state index is 12.7. The van der Waals surface area contributed by atoms with Crippen molar-refractivity contribution in [3.8, 4) is 0 Å². The lowest BCUT2D eigenvalue weighted by molar-refractivity contribution is -0.140. The van der Waals surface area contributed by atoms with Gasteiger partial charge in [0, 0.05) is 10.3 Å². The van der Waals surface area contributed by atoms with Crippen molar-refractivity contribution in [2.75, 3.05) is 0 Å². The van der Waals surface area contributed by atoms with Gasteiger partial charge in [-0.15, -0.1) is 11.3 Å². The van der Waals surface area contributed by atoms with Gasteiger partial charge in [-0.05, 0) is 47.5 Å². The molecule has 1 aliphatic rings. The zero-order chi connectivity index (χ0) is 15.2. The second kappa shape index (κ2) is 5.25. The number of halogens is 4. The molecular formula is C15H11BrF3NS. The van der Waals surface area contributed by atoms with Gasteiger partial charge in [-0.2, -0.15) is 13.2 Å². The minimum absolute atomic E-state index is 0.451. The van der Waals surface area contributed by atoms with Gasteiger partial charge < -0.3 is 0 Å². The highest BCUT2D eigenvalue weighted by Crippen LogP contribution is 2.40. The van der Waals surface area contributed by atoms with Crippen LogP contribution in [0.3, 0.4) is 0 Å². The minimum Gasteiger partial charge on any atom is -0.232 e. The van der Waals surface area contributed by atoms with E-state index in [1.165, 1.54) is 17.4 Å². The molecule has 110 valence electrons. The number of fused-ring (bicyclic) bond motifs is 1. The molecule has 0 bridgehead atoms. The van der Waals surface area contributed by atoms with Crippen LogP contribution in [0, 0.1) is 6.92 Å². The van der Waals surface area contributed by atoms with Crippen molar-refractivity contribution < 1.29 is 13.2 Å². The summed E-state index contributed by atoms with van der Waals surface area (Å²) in [4.78, 5) is 5.27. The van der Waals surface area contributed by atoms with Crippen LogP contribution >= 0.6 is 27.3 Å². The van der Waals surface area contributed by atoms with E-state index in [4.69, 9.17) is 0 Å². The van der Waals surface area contributed by atoms with Crippen LogP contribution in [0.25, 0.3) is 15.8 Å². The van der Waals surface area contributed by atoms with Crippen LogP contribution < -0.4 is 0 Å². The van der Waals surface area contributed by atoms with Crippen LogP contribution in [0.2, 0.25) is 0 Å². The Morgan fingerprint density at radius 1 is 1.19 bits per heavy atom. The summed E-state index contributed by atoms with van der Waals surface area (Å²) in [5, 5.41) is 0.803. The highest BCUT2D eigenvalue weighted by molar-refractivity contribution is 9.11. The minimum atomic E-state index is -4.40. The number of aryl methyl sites for hydroxylation is 1. The quantitative estimate of drug-likeness (QED) is 0.590. The molecule has 0 amide bonds. The molecule has 0 spiro atoms. The van der Waals surface area contributed by atoms with Crippen molar-refractivity contribution in [3.63, 3.8) is 0 Å². The van der Waals surface area contributed by atoms with Crippen LogP contribution in [0.4, 0.5) is 13.2 Å². The molecule has 21 heavy (non-hydrogen) atoms. The second-order valence-corrected chi connectivity index (χ2v) is 6.93. The van der Waals surface area contributed by atoms with Crippen LogP contribution in [-0.2, 0) is 6.18 Å². The average molecular weight is 374 g/mol. The van der Waals surface area contributed by atoms with Gasteiger partial charge in [0.05, 0.1) is 0 Å². The summed E-state index contributed by atoms with van der Waals surface area (Å²) < 4.78 is 39.4. The van der Waals surface area contributed by atoms with Crippen molar-refractivity contribution >= 4 is 43.1 Å². The Morgan fingerprint density at radius 3 is 2.57 bits per heavy atom. The highest BCUT2D eigenvalue weighted by atomic mass is 79.9. The third-order valence-corrected chi connectivity index (χ3v) is 5.42. The zero-order valence-corrected chi connectivity index (χ0v) is 13.5. The van der Waals surface area contributed by atoms with E-state index in [2.05, 4.69) is 20.9 Å². The maximum Gasteiger partial charge on any atom is 0.433 e. The van der Waals surface area contributed by atoms with E-state index in [0.29, 0.717) is 4.83 Å². The molecule has 0 fully saturated rings. The van der Waals surface area contributed by atoms with E-state index >= 15 is 0 Å². The molecule has 0 unspecified atom stereocenters. The van der Waals surface area contributed by atoms with Gasteiger partial charge in [0.25, 0.3) is 0 Å². The molecule has 6 heteroatoms. The predicted molar refractivity (Wildman–Crippen MR) is 83.6 cm³/mol. The maximum atomic E-state index is 12.7. The third kappa shape index (κ3) is 2.79. The first-order valence-electron chi connectivity index (χ1n) is 6.39. The fraction of sp³-hybridized carbons (Fsp3) is 0.267. The monoisotopic (exact) mass is 373 g/mol. The Hall–Kier alpha value is -1.14. The molecule has 0 saturated carbocycles. The third-order valence-electron chi connectivity index (χ3n) is 3.48. The predicted octanol–water partition coefficient (Wildman–Crippen LogP) is 6.08. The van der Waals surface area contributed by atoms with E-state index in [9.17, 15) is 13.2 Å². The molecular weight excluding hydrogens is 363 g/mol. The SMILES string of the molecule is Cc1c(C2=CC=C(Br)CC2)sc2nc(C(F)(F)F)ccc12. The van der Waals surface area contributed by atoms with Gasteiger partial charge in [0.2, 0.25) is 0 Å². The topological polar surface area (TPSA) is 12.9 Å². The normalized spacial score (nSPS) is 16.0. The van der Waals surface area contributed by atoms with Crippen LogP contribution in [0.1, 0.15) is 29.0 Å². The van der Waals surface area contributed by atoms with Gasteiger partial charge in [0.15, 0.2) is 0 Å². The van der Waals surface area contributed by atoms with Crippen molar-refractivity contribution in [2.45, 2.75) is 25.9 Å². The smallest absolute Gasteiger partial charge is 0.232 e. The number of allylic oxidation sites excluding steroid dienone is 4. The first-order valence-corrected chi connectivity index (χ1v) is 8.00. The van der Waals surface area contributed by atoms with Crippen molar-refractivity contribution in [1.82, 2.24) is 4.98 Å². The molecule has 0 aliphatic heterocycles. The molecule has 3 rings (SSSR count). The second-order valence-electron chi connectivity index (χ2n) is 4.91. The highest BCUT2D eigenvalue weighted by Gasteiger charge is 2.33. The molecule has 0 radical (unpaired) electrons. The molecule has 0 N–H and O–H groups in total. The largest absolute Gasteiger partial charge is 0.433 e. The molecule has 1 aliphatic carbocycles. The summed E-state index contributed by atoms with van der Waals surface area (Å²) in [6, 6.07) is 2.58. The Labute approximate surface area is 132 Å². The number of nitrogens with zero attached hydrogens (tertiary/aromatic N) is 1. The number of hydrogen-bond donors (Lipinski definition) is 0. The number of pyridine rings is 1. The molecule has 2 heterocycles. The van der Waals surface area contributed by atoms with Crippen LogP contribution in [0.5, 0.6) is 0 Å². The number of hydrogen-bond acceptors (Lipinski definition) is 2. The lowest BCUT2D eigenvalue weighted by Crippen LogP contribution is -2.06. The van der Waals surface area contributed by atoms with Gasteiger partial charge in [-0.25, -0.2) is 4.98 Å². The standard InChI is InChI=1S/C15H11BrF3NS/c1-8-11-6-7-12(15(17,18)19)20-14(11)21-13(8)9-2-4-10(16)5-3-9/h2,4,6-7H,3,5H2,1H3. The lowest BCUT2D eigenvalue weighted by Gasteiger charge is -2.10. The summed E-state index contributed by atoms with van der Waals surface area (Å²) in [6.45, 7) is 1.94. The number of thiophene rings is 1. The van der Waals surface area contributed by atoms with Crippen LogP contribution in [-0.4, -0.2) is 4.98 Å². The molecule has 2 aromatic heterocycles. The van der Waals surface area contributed by atoms with Gasteiger partial charge in [0.1, 0.15) is 10.5 Å². The molecule has 0 aromatic carbocycles. The fourth-order valence-corrected chi connectivity index (χ4v) is 3.93. The van der Waals surface area contributed by atoms with E-state index in [1.54, 1.807) is 0 Å². The summed E-state index contributed by atoms with van der Waals surface area (Å²) in [7, 11) is 0. The van der Waals surface area contributed by atoms with E-state index in [0.717, 1.165) is 44.8 Å². The Kier molecular flexibility index (Phi) is 3.69. The molecule has 1 nitrogen and oxygen atoms in total. The molecule has 0 atom stereocenters. The first-order chi connectivity index (χ1) is 9.86. The summed E-state index contributed by atoms with van der Waals surface area (Å²) >= 11 is 4.79. The molecule has 0 saturated heterocycles. The van der Waals surface area contributed by atoms with E-state index < -0.39 is 11.9 Å². The molecule has 2 aromatic rings. The Bertz CT molecular complexity index is 771. The zero-order valence-electron chi connectivity index (χ0n) is 11.1. The lowest BCUT2D eigenvalue weighted by atomic mass is 10.0. The summed E-state index contributed by atoms with van der Waals surface area (Å²) in [6.07, 6.45) is 1.43. The van der Waals surface area contributed by atoms with Crippen LogP contribution in [0.15, 0.2) is 28.8 Å². The van der Waals surface area contributed by atoms with E-state index in [1.807, 2.05) is 19.1 Å². The van der Waals surface area contributed by atoms with E-state index in [-0.39, 0.29) is 0 Å². The van der Waals surface area contributed by atoms with Gasteiger partial charge in [-0.1, -0.05) is 28.1 Å². The van der Waals surface area contributed by atoms with Crippen molar-refractivity contribution in [1.29, 1.82) is 0 Å². The van der Waals surface area contributed by atoms with Crippen molar-refractivity contribution in [2.24, 2.45) is 0 Å². The van der Waals surface area contributed by atoms with Gasteiger partial charge >= 0.3 is 6.18 Å².